The Kier molecular flexibility index (Phi) is 6.95. The molecule has 1 amide bonds. The standard InChI is InChI=1S/C21H26N6O3/c1-26(2)19-13-14-22-21(25-19)24-17-8-6-16(7-9-17)23-20(28)12-5-15-3-10-18(11-4-15)27(29)30/h3-5,10-14,16-17H,6-9H2,1-2H3,(H,23,28)(H,22,24,25)/b12-5+. The molecule has 1 aliphatic rings. The highest BCUT2D eigenvalue weighted by Gasteiger charge is 2.22. The minimum atomic E-state index is -0.448. The molecule has 1 aromatic heterocycles. The van der Waals surface area contributed by atoms with Crippen LogP contribution >= 0.6 is 0 Å². The number of rotatable bonds is 7. The average Bonchev–Trinajstić information content (AvgIpc) is 2.74. The summed E-state index contributed by atoms with van der Waals surface area (Å²) in [4.78, 5) is 33.1. The van der Waals surface area contributed by atoms with Crippen LogP contribution in [0.2, 0.25) is 0 Å². The molecule has 1 aromatic carbocycles. The van der Waals surface area contributed by atoms with E-state index in [1.54, 1.807) is 24.4 Å². The maximum atomic E-state index is 12.2. The molecule has 2 N–H and O–H groups in total. The number of amides is 1. The van der Waals surface area contributed by atoms with Crippen molar-refractivity contribution in [3.63, 3.8) is 0 Å². The second-order valence-corrected chi connectivity index (χ2v) is 7.52. The number of anilines is 2. The second-order valence-electron chi connectivity index (χ2n) is 7.52. The number of hydrogen-bond donors (Lipinski definition) is 2. The number of nitro groups is 1. The number of hydrogen-bond acceptors (Lipinski definition) is 7. The lowest BCUT2D eigenvalue weighted by atomic mass is 9.91. The fourth-order valence-corrected chi connectivity index (χ4v) is 3.36. The number of non-ortho nitro benzene ring substituents is 1. The number of carbonyl (C=O) groups excluding carboxylic acids is 1. The maximum absolute atomic E-state index is 12.2. The molecule has 0 bridgehead atoms. The Balaban J connectivity index is 1.44. The Hall–Kier alpha value is -3.49. The minimum absolute atomic E-state index is 0.0285. The quantitative estimate of drug-likeness (QED) is 0.410. The summed E-state index contributed by atoms with van der Waals surface area (Å²) in [5.74, 6) is 1.32. The van der Waals surface area contributed by atoms with Gasteiger partial charge in [-0.15, -0.1) is 0 Å². The van der Waals surface area contributed by atoms with E-state index in [1.807, 2.05) is 25.1 Å². The van der Waals surface area contributed by atoms with Crippen LogP contribution in [0.25, 0.3) is 6.08 Å². The molecular weight excluding hydrogens is 384 g/mol. The number of nitrogens with one attached hydrogen (secondary N) is 2. The van der Waals surface area contributed by atoms with Crippen molar-refractivity contribution in [1.29, 1.82) is 0 Å². The van der Waals surface area contributed by atoms with Crippen LogP contribution < -0.4 is 15.5 Å². The first kappa shape index (κ1) is 21.2. The van der Waals surface area contributed by atoms with E-state index < -0.39 is 4.92 Å². The van der Waals surface area contributed by atoms with Crippen LogP contribution in [0.5, 0.6) is 0 Å². The Labute approximate surface area is 175 Å². The first-order chi connectivity index (χ1) is 14.4. The molecule has 9 heteroatoms. The van der Waals surface area contributed by atoms with Crippen LogP contribution in [0.1, 0.15) is 31.2 Å². The van der Waals surface area contributed by atoms with E-state index in [-0.39, 0.29) is 23.7 Å². The van der Waals surface area contributed by atoms with E-state index >= 15 is 0 Å². The summed E-state index contributed by atoms with van der Waals surface area (Å²) in [6.07, 6.45) is 8.46. The Morgan fingerprint density at radius 3 is 2.43 bits per heavy atom. The van der Waals surface area contributed by atoms with Crippen LogP contribution in [-0.2, 0) is 4.79 Å². The molecule has 1 fully saturated rings. The van der Waals surface area contributed by atoms with Crippen molar-refractivity contribution >= 4 is 29.4 Å². The zero-order chi connectivity index (χ0) is 21.5. The van der Waals surface area contributed by atoms with Gasteiger partial charge in [0.2, 0.25) is 11.9 Å². The normalized spacial score (nSPS) is 18.7. The fourth-order valence-electron chi connectivity index (χ4n) is 3.36. The summed E-state index contributed by atoms with van der Waals surface area (Å²) in [6.45, 7) is 0. The van der Waals surface area contributed by atoms with E-state index in [0.717, 1.165) is 37.1 Å². The van der Waals surface area contributed by atoms with Crippen molar-refractivity contribution in [2.45, 2.75) is 37.8 Å². The molecule has 0 atom stereocenters. The van der Waals surface area contributed by atoms with Crippen molar-refractivity contribution in [1.82, 2.24) is 15.3 Å². The molecule has 158 valence electrons. The fraction of sp³-hybridized carbons (Fsp3) is 0.381. The van der Waals surface area contributed by atoms with Crippen LogP contribution in [0, 0.1) is 10.1 Å². The molecule has 2 aromatic rings. The van der Waals surface area contributed by atoms with Gasteiger partial charge in [0, 0.05) is 50.6 Å². The van der Waals surface area contributed by atoms with Gasteiger partial charge >= 0.3 is 0 Å². The molecule has 9 nitrogen and oxygen atoms in total. The zero-order valence-corrected chi connectivity index (χ0v) is 17.1. The third-order valence-electron chi connectivity index (χ3n) is 5.04. The molecule has 0 saturated heterocycles. The molecular formula is C21H26N6O3. The lowest BCUT2D eigenvalue weighted by Crippen LogP contribution is -2.39. The number of benzene rings is 1. The molecule has 0 radical (unpaired) electrons. The number of carbonyl (C=O) groups is 1. The predicted molar refractivity (Wildman–Crippen MR) is 116 cm³/mol. The van der Waals surface area contributed by atoms with Crippen LogP contribution in [0.4, 0.5) is 17.5 Å². The highest BCUT2D eigenvalue weighted by atomic mass is 16.6. The molecule has 0 unspecified atom stereocenters. The zero-order valence-electron chi connectivity index (χ0n) is 17.1. The molecule has 30 heavy (non-hydrogen) atoms. The second kappa shape index (κ2) is 9.82. The Morgan fingerprint density at radius 1 is 1.13 bits per heavy atom. The summed E-state index contributed by atoms with van der Waals surface area (Å²) in [6, 6.07) is 8.35. The summed E-state index contributed by atoms with van der Waals surface area (Å²) in [7, 11) is 3.88. The summed E-state index contributed by atoms with van der Waals surface area (Å²) < 4.78 is 0. The van der Waals surface area contributed by atoms with Gasteiger partial charge in [-0.2, -0.15) is 4.98 Å². The van der Waals surface area contributed by atoms with E-state index in [4.69, 9.17) is 0 Å². The van der Waals surface area contributed by atoms with Gasteiger partial charge < -0.3 is 15.5 Å². The average molecular weight is 410 g/mol. The van der Waals surface area contributed by atoms with Gasteiger partial charge in [0.05, 0.1) is 4.92 Å². The predicted octanol–water partition coefficient (Wildman–Crippen LogP) is 3.00. The molecule has 1 aliphatic carbocycles. The first-order valence-electron chi connectivity index (χ1n) is 9.90. The van der Waals surface area contributed by atoms with Crippen molar-refractivity contribution in [2.24, 2.45) is 0 Å². The summed E-state index contributed by atoms with van der Waals surface area (Å²) in [5, 5.41) is 17.1. The third kappa shape index (κ3) is 6.00. The van der Waals surface area contributed by atoms with Crippen LogP contribution in [0.15, 0.2) is 42.6 Å². The summed E-state index contributed by atoms with van der Waals surface area (Å²) in [5.41, 5.74) is 0.768. The van der Waals surface area contributed by atoms with Gasteiger partial charge in [-0.1, -0.05) is 0 Å². The van der Waals surface area contributed by atoms with Gasteiger partial charge in [0.1, 0.15) is 5.82 Å². The van der Waals surface area contributed by atoms with E-state index in [0.29, 0.717) is 5.95 Å². The Morgan fingerprint density at radius 2 is 1.80 bits per heavy atom. The SMILES string of the molecule is CN(C)c1ccnc(NC2CCC(NC(=O)/C=C/c3ccc([N+](=O)[O-])cc3)CC2)n1. The van der Waals surface area contributed by atoms with Crippen molar-refractivity contribution in [3.05, 3.63) is 58.3 Å². The monoisotopic (exact) mass is 410 g/mol. The van der Waals surface area contributed by atoms with Crippen LogP contribution in [0.3, 0.4) is 0 Å². The maximum Gasteiger partial charge on any atom is 0.269 e. The van der Waals surface area contributed by atoms with Gasteiger partial charge in [-0.25, -0.2) is 4.98 Å². The lowest BCUT2D eigenvalue weighted by Gasteiger charge is -2.29. The first-order valence-corrected chi connectivity index (χ1v) is 9.90. The molecule has 3 rings (SSSR count). The highest BCUT2D eigenvalue weighted by Crippen LogP contribution is 2.22. The smallest absolute Gasteiger partial charge is 0.269 e. The lowest BCUT2D eigenvalue weighted by molar-refractivity contribution is -0.384. The van der Waals surface area contributed by atoms with Crippen LogP contribution in [-0.4, -0.2) is 47.0 Å². The number of nitro benzene ring substituents is 1. The van der Waals surface area contributed by atoms with Gasteiger partial charge in [0.25, 0.3) is 5.69 Å². The molecule has 0 aliphatic heterocycles. The third-order valence-corrected chi connectivity index (χ3v) is 5.04. The molecule has 0 spiro atoms. The topological polar surface area (TPSA) is 113 Å². The summed E-state index contributed by atoms with van der Waals surface area (Å²) >= 11 is 0. The largest absolute Gasteiger partial charge is 0.363 e. The van der Waals surface area contributed by atoms with Gasteiger partial charge in [0.15, 0.2) is 0 Å². The number of nitrogens with zero attached hydrogens (tertiary/aromatic N) is 4. The van der Waals surface area contributed by atoms with Crippen molar-refractivity contribution in [3.8, 4) is 0 Å². The van der Waals surface area contributed by atoms with E-state index in [9.17, 15) is 14.9 Å². The highest BCUT2D eigenvalue weighted by molar-refractivity contribution is 5.91. The van der Waals surface area contributed by atoms with E-state index in [2.05, 4.69) is 20.6 Å². The molecule has 1 heterocycles. The van der Waals surface area contributed by atoms with Gasteiger partial charge in [-0.3, -0.25) is 14.9 Å². The van der Waals surface area contributed by atoms with Crippen molar-refractivity contribution < 1.29 is 9.72 Å². The minimum Gasteiger partial charge on any atom is -0.363 e. The van der Waals surface area contributed by atoms with Gasteiger partial charge in [-0.05, 0) is 55.5 Å². The Bertz CT molecular complexity index is 905. The molecule has 1 saturated carbocycles. The number of aromatic nitrogens is 2. The van der Waals surface area contributed by atoms with Crippen molar-refractivity contribution in [2.75, 3.05) is 24.3 Å². The van der Waals surface area contributed by atoms with E-state index in [1.165, 1.54) is 18.2 Å².